The van der Waals surface area contributed by atoms with Gasteiger partial charge in [-0.25, -0.2) is 8.42 Å². The molecule has 1 aromatic heterocycles. The van der Waals surface area contributed by atoms with Crippen molar-refractivity contribution in [1.82, 2.24) is 20.0 Å². The zero-order chi connectivity index (χ0) is 18.9. The molecule has 1 amide bonds. The molecule has 1 aliphatic carbocycles. The van der Waals surface area contributed by atoms with E-state index < -0.39 is 9.84 Å². The zero-order valence-corrected chi connectivity index (χ0v) is 16.8. The lowest BCUT2D eigenvalue weighted by Gasteiger charge is -2.26. The number of amides is 1. The van der Waals surface area contributed by atoms with Crippen LogP contribution in [-0.4, -0.2) is 66.2 Å². The van der Waals surface area contributed by atoms with E-state index in [1.165, 1.54) is 0 Å². The molecule has 2 unspecified atom stereocenters. The van der Waals surface area contributed by atoms with Gasteiger partial charge in [-0.05, 0) is 45.3 Å². The highest BCUT2D eigenvalue weighted by Gasteiger charge is 2.36. The molecular formula is C18H30N4O3S. The third kappa shape index (κ3) is 4.28. The summed E-state index contributed by atoms with van der Waals surface area (Å²) in [6, 6.07) is 1.99. The number of aromatic nitrogens is 2. The van der Waals surface area contributed by atoms with Gasteiger partial charge < -0.3 is 5.32 Å². The van der Waals surface area contributed by atoms with Gasteiger partial charge in [0.2, 0.25) is 0 Å². The van der Waals surface area contributed by atoms with Crippen molar-refractivity contribution >= 4 is 15.7 Å². The summed E-state index contributed by atoms with van der Waals surface area (Å²) in [5, 5.41) is 7.49. The van der Waals surface area contributed by atoms with Gasteiger partial charge in [-0.1, -0.05) is 13.8 Å². The minimum atomic E-state index is -2.98. The number of nitrogens with zero attached hydrogens (tertiary/aromatic N) is 3. The first-order valence-electron chi connectivity index (χ1n) is 9.66. The molecule has 0 bridgehead atoms. The maximum absolute atomic E-state index is 12.6. The van der Waals surface area contributed by atoms with Gasteiger partial charge in [0.05, 0.1) is 17.5 Å². The van der Waals surface area contributed by atoms with Crippen molar-refractivity contribution < 1.29 is 13.2 Å². The van der Waals surface area contributed by atoms with Crippen LogP contribution in [0.3, 0.4) is 0 Å². The van der Waals surface area contributed by atoms with Crippen LogP contribution in [0.15, 0.2) is 6.07 Å². The summed E-state index contributed by atoms with van der Waals surface area (Å²) in [7, 11) is -2.98. The smallest absolute Gasteiger partial charge is 0.271 e. The molecule has 2 heterocycles. The first-order valence-corrected chi connectivity index (χ1v) is 11.5. The normalized spacial score (nSPS) is 23.3. The van der Waals surface area contributed by atoms with Crippen LogP contribution in [-0.2, 0) is 9.84 Å². The Kier molecular flexibility index (Phi) is 5.72. The van der Waals surface area contributed by atoms with E-state index in [-0.39, 0.29) is 29.5 Å². The highest BCUT2D eigenvalue weighted by molar-refractivity contribution is 7.91. The summed E-state index contributed by atoms with van der Waals surface area (Å²) < 4.78 is 25.5. The fraction of sp³-hybridized carbons (Fsp3) is 0.778. The number of sulfone groups is 1. The summed E-state index contributed by atoms with van der Waals surface area (Å²) in [5.41, 5.74) is 1.43. The number of rotatable bonds is 8. The highest BCUT2D eigenvalue weighted by Crippen LogP contribution is 2.42. The second kappa shape index (κ2) is 7.68. The molecule has 8 heteroatoms. The maximum atomic E-state index is 12.6. The Morgan fingerprint density at radius 2 is 2.04 bits per heavy atom. The molecule has 0 aromatic carbocycles. The van der Waals surface area contributed by atoms with Gasteiger partial charge in [-0.2, -0.15) is 5.10 Å². The highest BCUT2D eigenvalue weighted by atomic mass is 32.2. The monoisotopic (exact) mass is 382 g/mol. The van der Waals surface area contributed by atoms with E-state index in [2.05, 4.69) is 36.1 Å². The summed E-state index contributed by atoms with van der Waals surface area (Å²) in [5.74, 6) is 0.589. The second-order valence-corrected chi connectivity index (χ2v) is 9.74. The Bertz CT molecular complexity index is 750. The van der Waals surface area contributed by atoms with Gasteiger partial charge in [0.1, 0.15) is 5.69 Å². The average Bonchev–Trinajstić information content (AvgIpc) is 3.25. The van der Waals surface area contributed by atoms with Crippen molar-refractivity contribution in [3.63, 3.8) is 0 Å². The van der Waals surface area contributed by atoms with Crippen molar-refractivity contribution in [2.24, 2.45) is 0 Å². The molecule has 2 fully saturated rings. The Labute approximate surface area is 156 Å². The lowest BCUT2D eigenvalue weighted by Crippen LogP contribution is -2.42. The molecule has 2 aliphatic rings. The molecule has 146 valence electrons. The molecule has 7 nitrogen and oxygen atoms in total. The topological polar surface area (TPSA) is 84.3 Å². The van der Waals surface area contributed by atoms with Crippen molar-refractivity contribution in [2.75, 3.05) is 31.1 Å². The first kappa shape index (κ1) is 19.4. The molecule has 0 spiro atoms. The first-order chi connectivity index (χ1) is 12.3. The van der Waals surface area contributed by atoms with Crippen LogP contribution in [0.4, 0.5) is 0 Å². The fourth-order valence-electron chi connectivity index (χ4n) is 3.77. The SMILES string of the molecule is CCN(CC)C(C)CNC(=O)c1cc(C2CC2)n(C2CCS(=O)(=O)C2)n1. The number of nitrogens with one attached hydrogen (secondary N) is 1. The average molecular weight is 383 g/mol. The van der Waals surface area contributed by atoms with E-state index in [0.29, 0.717) is 24.6 Å². The third-order valence-corrected chi connectivity index (χ3v) is 7.29. The Morgan fingerprint density at radius 3 is 2.58 bits per heavy atom. The van der Waals surface area contributed by atoms with Crippen LogP contribution in [0, 0.1) is 0 Å². The van der Waals surface area contributed by atoms with Crippen molar-refractivity contribution in [2.45, 2.75) is 58.0 Å². The molecule has 1 saturated heterocycles. The zero-order valence-electron chi connectivity index (χ0n) is 15.9. The minimum Gasteiger partial charge on any atom is -0.349 e. The molecule has 1 aliphatic heterocycles. The second-order valence-electron chi connectivity index (χ2n) is 7.51. The van der Waals surface area contributed by atoms with E-state index in [4.69, 9.17) is 0 Å². The Hall–Kier alpha value is -1.41. The molecule has 0 radical (unpaired) electrons. The molecular weight excluding hydrogens is 352 g/mol. The van der Waals surface area contributed by atoms with Crippen LogP contribution >= 0.6 is 0 Å². The number of hydrogen-bond donors (Lipinski definition) is 1. The van der Waals surface area contributed by atoms with E-state index in [1.54, 1.807) is 0 Å². The van der Waals surface area contributed by atoms with E-state index in [9.17, 15) is 13.2 Å². The summed E-state index contributed by atoms with van der Waals surface area (Å²) in [4.78, 5) is 14.9. The molecule has 1 N–H and O–H groups in total. The molecule has 1 saturated carbocycles. The molecule has 1 aromatic rings. The van der Waals surface area contributed by atoms with Crippen LogP contribution < -0.4 is 5.32 Å². The quantitative estimate of drug-likeness (QED) is 0.738. The van der Waals surface area contributed by atoms with E-state index >= 15 is 0 Å². The number of carbonyl (C=O) groups is 1. The van der Waals surface area contributed by atoms with Crippen molar-refractivity contribution in [3.8, 4) is 0 Å². The van der Waals surface area contributed by atoms with Gasteiger partial charge in [-0.15, -0.1) is 0 Å². The molecule has 26 heavy (non-hydrogen) atoms. The van der Waals surface area contributed by atoms with Crippen molar-refractivity contribution in [3.05, 3.63) is 17.5 Å². The van der Waals surface area contributed by atoms with Crippen LogP contribution in [0.5, 0.6) is 0 Å². The fourth-order valence-corrected chi connectivity index (χ4v) is 5.46. The molecule has 3 rings (SSSR count). The molecule has 2 atom stereocenters. The van der Waals surface area contributed by atoms with Gasteiger partial charge in [0, 0.05) is 24.2 Å². The predicted octanol–water partition coefficient (Wildman–Crippen LogP) is 1.58. The van der Waals surface area contributed by atoms with Gasteiger partial charge in [0.25, 0.3) is 5.91 Å². The summed E-state index contributed by atoms with van der Waals surface area (Å²) in [6.07, 6.45) is 2.76. The van der Waals surface area contributed by atoms with Crippen molar-refractivity contribution in [1.29, 1.82) is 0 Å². The van der Waals surface area contributed by atoms with E-state index in [1.807, 2.05) is 10.7 Å². The van der Waals surface area contributed by atoms with Crippen LogP contribution in [0.25, 0.3) is 0 Å². The van der Waals surface area contributed by atoms with E-state index in [0.717, 1.165) is 31.6 Å². The summed E-state index contributed by atoms with van der Waals surface area (Å²) in [6.45, 7) is 8.80. The predicted molar refractivity (Wildman–Crippen MR) is 101 cm³/mol. The Morgan fingerprint density at radius 1 is 1.35 bits per heavy atom. The minimum absolute atomic E-state index is 0.133. The number of likely N-dealkylation sites (N-methyl/N-ethyl adjacent to an activating group) is 1. The van der Waals surface area contributed by atoms with Gasteiger partial charge in [0.15, 0.2) is 9.84 Å². The van der Waals surface area contributed by atoms with Gasteiger partial charge in [-0.3, -0.25) is 14.4 Å². The van der Waals surface area contributed by atoms with Crippen LogP contribution in [0.1, 0.15) is 68.2 Å². The third-order valence-electron chi connectivity index (χ3n) is 5.54. The lowest BCUT2D eigenvalue weighted by molar-refractivity contribution is 0.0932. The number of carbonyl (C=O) groups excluding carboxylic acids is 1. The maximum Gasteiger partial charge on any atom is 0.271 e. The largest absolute Gasteiger partial charge is 0.349 e. The summed E-state index contributed by atoms with van der Waals surface area (Å²) >= 11 is 0. The standard InChI is InChI=1S/C18H30N4O3S/c1-4-21(5-2)13(3)11-19-18(23)16-10-17(14-6-7-14)22(20-16)15-8-9-26(24,25)12-15/h10,13-15H,4-9,11-12H2,1-3H3,(H,19,23). The van der Waals surface area contributed by atoms with Gasteiger partial charge >= 0.3 is 0 Å². The number of hydrogen-bond acceptors (Lipinski definition) is 5. The van der Waals surface area contributed by atoms with Crippen LogP contribution in [0.2, 0.25) is 0 Å². The lowest BCUT2D eigenvalue weighted by atomic mass is 10.2. The Balaban J connectivity index is 1.70.